The Kier molecular flexibility index (Phi) is 6.79. The number of thiazole rings is 1. The van der Waals surface area contributed by atoms with Gasteiger partial charge in [0.05, 0.1) is 28.4 Å². The van der Waals surface area contributed by atoms with E-state index in [0.29, 0.717) is 35.2 Å². The molecule has 1 aromatic heterocycles. The third-order valence-electron chi connectivity index (χ3n) is 4.59. The fraction of sp³-hybridized carbons (Fsp3) is 0.273. The van der Waals surface area contributed by atoms with Gasteiger partial charge >= 0.3 is 0 Å². The summed E-state index contributed by atoms with van der Waals surface area (Å²) in [6, 6.07) is 11.1. The van der Waals surface area contributed by atoms with Gasteiger partial charge in [-0.3, -0.25) is 4.79 Å². The zero-order valence-corrected chi connectivity index (χ0v) is 18.4. The van der Waals surface area contributed by atoms with E-state index in [2.05, 4.69) is 4.98 Å². The van der Waals surface area contributed by atoms with Crippen LogP contribution in [0.1, 0.15) is 16.1 Å². The highest BCUT2D eigenvalue weighted by molar-refractivity contribution is 7.13. The van der Waals surface area contributed by atoms with Gasteiger partial charge in [-0.1, -0.05) is 12.1 Å². The molecule has 0 atom stereocenters. The summed E-state index contributed by atoms with van der Waals surface area (Å²) in [5, 5.41) is 2.49. The molecule has 8 heteroatoms. The van der Waals surface area contributed by atoms with Crippen molar-refractivity contribution in [3.05, 3.63) is 53.0 Å². The van der Waals surface area contributed by atoms with E-state index in [1.54, 1.807) is 45.8 Å². The predicted molar refractivity (Wildman–Crippen MR) is 116 cm³/mol. The lowest BCUT2D eigenvalue weighted by atomic mass is 10.1. The summed E-state index contributed by atoms with van der Waals surface area (Å²) in [6.45, 7) is 0.364. The molecule has 0 aliphatic carbocycles. The molecule has 0 fully saturated rings. The van der Waals surface area contributed by atoms with Gasteiger partial charge in [-0.25, -0.2) is 4.98 Å². The van der Waals surface area contributed by atoms with E-state index in [-0.39, 0.29) is 5.91 Å². The minimum atomic E-state index is -0.178. The summed E-state index contributed by atoms with van der Waals surface area (Å²) in [5.74, 6) is 2.31. The maximum atomic E-state index is 12.9. The van der Waals surface area contributed by atoms with E-state index < -0.39 is 0 Å². The lowest BCUT2D eigenvalue weighted by Crippen LogP contribution is -2.26. The van der Waals surface area contributed by atoms with E-state index in [9.17, 15) is 4.79 Å². The second kappa shape index (κ2) is 9.49. The van der Waals surface area contributed by atoms with Crippen LogP contribution in [0, 0.1) is 0 Å². The van der Waals surface area contributed by atoms with Crippen LogP contribution in [0.15, 0.2) is 41.8 Å². The van der Waals surface area contributed by atoms with E-state index in [4.69, 9.17) is 18.9 Å². The number of methoxy groups -OCH3 is 4. The van der Waals surface area contributed by atoms with Gasteiger partial charge in [0.15, 0.2) is 23.0 Å². The number of carbonyl (C=O) groups is 1. The Morgan fingerprint density at radius 1 is 0.967 bits per heavy atom. The fourth-order valence-corrected chi connectivity index (χ4v) is 3.87. The van der Waals surface area contributed by atoms with Crippen LogP contribution in [0.4, 0.5) is 0 Å². The third kappa shape index (κ3) is 4.33. The zero-order chi connectivity index (χ0) is 21.7. The summed E-state index contributed by atoms with van der Waals surface area (Å²) >= 11 is 1.40. The Morgan fingerprint density at radius 2 is 1.70 bits per heavy atom. The largest absolute Gasteiger partial charge is 0.493 e. The first-order valence-corrected chi connectivity index (χ1v) is 10.0. The number of carbonyl (C=O) groups excluding carboxylic acids is 1. The van der Waals surface area contributed by atoms with Gasteiger partial charge in [0.2, 0.25) is 0 Å². The van der Waals surface area contributed by atoms with Gasteiger partial charge in [-0.15, -0.1) is 11.3 Å². The molecule has 2 aromatic carbocycles. The molecule has 3 rings (SSSR count). The Hall–Kier alpha value is -3.26. The maximum Gasteiger partial charge on any atom is 0.273 e. The highest BCUT2D eigenvalue weighted by atomic mass is 32.1. The van der Waals surface area contributed by atoms with Crippen molar-refractivity contribution in [1.29, 1.82) is 0 Å². The highest BCUT2D eigenvalue weighted by Gasteiger charge is 2.19. The number of rotatable bonds is 8. The molecule has 0 bridgehead atoms. The Labute approximate surface area is 179 Å². The van der Waals surface area contributed by atoms with Crippen LogP contribution < -0.4 is 18.9 Å². The fourth-order valence-electron chi connectivity index (χ4n) is 3.07. The molecule has 1 heterocycles. The molecule has 0 saturated carbocycles. The smallest absolute Gasteiger partial charge is 0.273 e. The number of para-hydroxylation sites is 1. The van der Waals surface area contributed by atoms with E-state index >= 15 is 0 Å². The van der Waals surface area contributed by atoms with Crippen LogP contribution in [0.2, 0.25) is 0 Å². The zero-order valence-electron chi connectivity index (χ0n) is 17.6. The molecule has 0 unspecified atom stereocenters. The number of aromatic nitrogens is 1. The van der Waals surface area contributed by atoms with Gasteiger partial charge in [0.1, 0.15) is 10.7 Å². The van der Waals surface area contributed by atoms with Crippen molar-refractivity contribution in [3.63, 3.8) is 0 Å². The van der Waals surface area contributed by atoms with Crippen molar-refractivity contribution in [2.45, 2.75) is 6.54 Å². The maximum absolute atomic E-state index is 12.9. The van der Waals surface area contributed by atoms with Crippen LogP contribution in [-0.4, -0.2) is 51.3 Å². The molecule has 0 N–H and O–H groups in total. The third-order valence-corrected chi connectivity index (χ3v) is 5.48. The van der Waals surface area contributed by atoms with Gasteiger partial charge in [-0.05, 0) is 24.3 Å². The molecule has 0 spiro atoms. The number of hydrogen-bond donors (Lipinski definition) is 0. The topological polar surface area (TPSA) is 70.1 Å². The second-order valence-corrected chi connectivity index (χ2v) is 7.28. The minimum absolute atomic E-state index is 0.178. The normalized spacial score (nSPS) is 10.4. The summed E-state index contributed by atoms with van der Waals surface area (Å²) < 4.78 is 21.4. The average Bonchev–Trinajstić information content (AvgIpc) is 3.27. The number of amides is 1. The monoisotopic (exact) mass is 428 g/mol. The second-order valence-electron chi connectivity index (χ2n) is 6.42. The quantitative estimate of drug-likeness (QED) is 0.538. The van der Waals surface area contributed by atoms with Crippen molar-refractivity contribution in [2.75, 3.05) is 35.5 Å². The lowest BCUT2D eigenvalue weighted by Gasteiger charge is -2.19. The first-order valence-electron chi connectivity index (χ1n) is 9.15. The van der Waals surface area contributed by atoms with E-state index in [1.807, 2.05) is 36.4 Å². The molecule has 0 saturated heterocycles. The van der Waals surface area contributed by atoms with Gasteiger partial charge < -0.3 is 23.8 Å². The lowest BCUT2D eigenvalue weighted by molar-refractivity contribution is 0.0779. The van der Waals surface area contributed by atoms with Gasteiger partial charge in [-0.2, -0.15) is 0 Å². The first kappa shape index (κ1) is 21.4. The standard InChI is InChI=1S/C22H24N2O5S/c1-24(12-15-7-6-8-18(27-3)20(15)29-5)22(25)16-13-30-21(23-16)14-9-10-17(26-2)19(11-14)28-4/h6-11,13H,12H2,1-5H3. The predicted octanol–water partition coefficient (Wildman–Crippen LogP) is 4.12. The van der Waals surface area contributed by atoms with Gasteiger partial charge in [0, 0.05) is 30.1 Å². The van der Waals surface area contributed by atoms with E-state index in [0.717, 1.165) is 16.1 Å². The molecule has 0 radical (unpaired) electrons. The minimum Gasteiger partial charge on any atom is -0.493 e. The first-order chi connectivity index (χ1) is 14.5. The number of ether oxygens (including phenoxy) is 4. The van der Waals surface area contributed by atoms with Crippen molar-refractivity contribution in [1.82, 2.24) is 9.88 Å². The average molecular weight is 429 g/mol. The summed E-state index contributed by atoms with van der Waals surface area (Å²) in [5.41, 5.74) is 2.09. The molecule has 1 amide bonds. The van der Waals surface area contributed by atoms with Crippen molar-refractivity contribution < 1.29 is 23.7 Å². The van der Waals surface area contributed by atoms with Crippen LogP contribution in [-0.2, 0) is 6.54 Å². The molecule has 0 aliphatic rings. The van der Waals surface area contributed by atoms with Crippen molar-refractivity contribution in [3.8, 4) is 33.6 Å². The van der Waals surface area contributed by atoms with Crippen LogP contribution in [0.25, 0.3) is 10.6 Å². The summed E-state index contributed by atoms with van der Waals surface area (Å²) in [4.78, 5) is 19.1. The van der Waals surface area contributed by atoms with Crippen LogP contribution in [0.3, 0.4) is 0 Å². The van der Waals surface area contributed by atoms with Crippen LogP contribution in [0.5, 0.6) is 23.0 Å². The van der Waals surface area contributed by atoms with Crippen LogP contribution >= 0.6 is 11.3 Å². The van der Waals surface area contributed by atoms with E-state index in [1.165, 1.54) is 11.3 Å². The molecular formula is C22H24N2O5S. The summed E-state index contributed by atoms with van der Waals surface area (Å²) in [6.07, 6.45) is 0. The Morgan fingerprint density at radius 3 is 2.37 bits per heavy atom. The molecule has 0 aliphatic heterocycles. The number of nitrogens with zero attached hydrogens (tertiary/aromatic N) is 2. The van der Waals surface area contributed by atoms with Crippen molar-refractivity contribution in [2.24, 2.45) is 0 Å². The molecule has 3 aromatic rings. The van der Waals surface area contributed by atoms with Gasteiger partial charge in [0.25, 0.3) is 5.91 Å². The Bertz CT molecular complexity index is 1030. The SMILES string of the molecule is COc1ccc(-c2nc(C(=O)N(C)Cc3cccc(OC)c3OC)cs2)cc1OC. The van der Waals surface area contributed by atoms with Crippen molar-refractivity contribution >= 4 is 17.2 Å². The number of hydrogen-bond acceptors (Lipinski definition) is 7. The molecule has 158 valence electrons. The number of benzene rings is 2. The Balaban J connectivity index is 1.80. The molecule has 30 heavy (non-hydrogen) atoms. The molecular weight excluding hydrogens is 404 g/mol. The molecule has 7 nitrogen and oxygen atoms in total. The highest BCUT2D eigenvalue weighted by Crippen LogP contribution is 2.34. The summed E-state index contributed by atoms with van der Waals surface area (Å²) in [7, 11) is 8.07.